The monoisotopic (exact) mass is 144 g/mol. The van der Waals surface area contributed by atoms with Crippen molar-refractivity contribution in [2.75, 3.05) is 13.1 Å². The van der Waals surface area contributed by atoms with Crippen molar-refractivity contribution in [3.63, 3.8) is 0 Å². The number of nitrogens with zero attached hydrogens (tertiary/aromatic N) is 1. The van der Waals surface area contributed by atoms with Crippen LogP contribution in [0.1, 0.15) is 26.7 Å². The average molecular weight is 144 g/mol. The quantitative estimate of drug-likeness (QED) is 0.545. The van der Waals surface area contributed by atoms with E-state index in [1.807, 2.05) is 13.8 Å². The lowest BCUT2D eigenvalue weighted by Gasteiger charge is -2.09. The zero-order valence-corrected chi connectivity index (χ0v) is 6.76. The van der Waals surface area contributed by atoms with E-state index in [9.17, 15) is 4.79 Å². The highest BCUT2D eigenvalue weighted by molar-refractivity contribution is 5.72. The maximum Gasteiger partial charge on any atom is 0.314 e. The number of likely N-dealkylation sites (tertiary alicyclic amines) is 1. The van der Waals surface area contributed by atoms with E-state index in [0.717, 1.165) is 25.9 Å². The molecule has 1 saturated heterocycles. The third kappa shape index (κ3) is 2.71. The van der Waals surface area contributed by atoms with E-state index < -0.39 is 0 Å². The van der Waals surface area contributed by atoms with Crippen LogP contribution < -0.4 is 5.73 Å². The summed E-state index contributed by atoms with van der Waals surface area (Å²) in [4.78, 5) is 12.0. The predicted octanol–water partition coefficient (Wildman–Crippen LogP) is 1.19. The van der Waals surface area contributed by atoms with Gasteiger partial charge in [0, 0.05) is 13.1 Å². The van der Waals surface area contributed by atoms with E-state index >= 15 is 0 Å². The highest BCUT2D eigenvalue weighted by Gasteiger charge is 2.13. The maximum atomic E-state index is 10.3. The Balaban J connectivity index is 0.000000371. The first-order chi connectivity index (χ1) is 4.80. The molecule has 0 spiro atoms. The minimum Gasteiger partial charge on any atom is -0.351 e. The van der Waals surface area contributed by atoms with Gasteiger partial charge in [0.1, 0.15) is 0 Å². The maximum absolute atomic E-state index is 10.3. The Labute approximate surface area is 62.2 Å². The fraction of sp³-hybridized carbons (Fsp3) is 0.857. The molecule has 0 aromatic heterocycles. The SMILES string of the molecule is CC.NC(=O)N1CCCC1. The van der Waals surface area contributed by atoms with Crippen molar-refractivity contribution in [1.29, 1.82) is 0 Å². The second-order valence-corrected chi connectivity index (χ2v) is 2.03. The number of nitrogens with two attached hydrogens (primary N) is 1. The Hall–Kier alpha value is -0.730. The molecule has 60 valence electrons. The molecule has 1 rings (SSSR count). The molecule has 2 N–H and O–H groups in total. The molecule has 0 radical (unpaired) electrons. The summed E-state index contributed by atoms with van der Waals surface area (Å²) < 4.78 is 0. The number of primary amides is 1. The summed E-state index contributed by atoms with van der Waals surface area (Å²) >= 11 is 0. The van der Waals surface area contributed by atoms with Gasteiger partial charge in [-0.15, -0.1) is 0 Å². The van der Waals surface area contributed by atoms with Crippen molar-refractivity contribution in [2.45, 2.75) is 26.7 Å². The number of carbonyl (C=O) groups excluding carboxylic acids is 1. The molecule has 1 aliphatic heterocycles. The van der Waals surface area contributed by atoms with E-state index in [-0.39, 0.29) is 6.03 Å². The molecule has 0 atom stereocenters. The van der Waals surface area contributed by atoms with Gasteiger partial charge in [-0.3, -0.25) is 0 Å². The van der Waals surface area contributed by atoms with Crippen LogP contribution in [0.15, 0.2) is 0 Å². The van der Waals surface area contributed by atoms with Gasteiger partial charge in [0.25, 0.3) is 0 Å². The van der Waals surface area contributed by atoms with Crippen LogP contribution in [0, 0.1) is 0 Å². The Bertz CT molecular complexity index is 97.8. The van der Waals surface area contributed by atoms with Crippen molar-refractivity contribution in [3.05, 3.63) is 0 Å². The van der Waals surface area contributed by atoms with Gasteiger partial charge in [0.2, 0.25) is 0 Å². The van der Waals surface area contributed by atoms with Crippen LogP contribution >= 0.6 is 0 Å². The van der Waals surface area contributed by atoms with E-state index in [0.29, 0.717) is 0 Å². The number of amides is 2. The molecular formula is C7H16N2O. The number of hydrogen-bond donors (Lipinski definition) is 1. The minimum absolute atomic E-state index is 0.275. The summed E-state index contributed by atoms with van der Waals surface area (Å²) in [5.74, 6) is 0. The highest BCUT2D eigenvalue weighted by Crippen LogP contribution is 2.05. The molecule has 10 heavy (non-hydrogen) atoms. The van der Waals surface area contributed by atoms with Crippen molar-refractivity contribution in [3.8, 4) is 0 Å². The van der Waals surface area contributed by atoms with Gasteiger partial charge >= 0.3 is 6.03 Å². The van der Waals surface area contributed by atoms with Gasteiger partial charge < -0.3 is 10.6 Å². The first-order valence-corrected chi connectivity index (χ1v) is 3.85. The molecular weight excluding hydrogens is 128 g/mol. The molecule has 1 heterocycles. The van der Waals surface area contributed by atoms with Gasteiger partial charge in [-0.05, 0) is 12.8 Å². The lowest BCUT2D eigenvalue weighted by molar-refractivity contribution is 0.218. The van der Waals surface area contributed by atoms with Crippen molar-refractivity contribution in [1.82, 2.24) is 4.90 Å². The molecule has 3 nitrogen and oxygen atoms in total. The molecule has 1 fully saturated rings. The molecule has 2 amide bonds. The van der Waals surface area contributed by atoms with Gasteiger partial charge in [-0.25, -0.2) is 4.79 Å². The molecule has 1 aliphatic rings. The number of hydrogen-bond acceptors (Lipinski definition) is 1. The van der Waals surface area contributed by atoms with Gasteiger partial charge in [0.15, 0.2) is 0 Å². The Morgan fingerprint density at radius 2 is 1.70 bits per heavy atom. The molecule has 3 heteroatoms. The Morgan fingerprint density at radius 3 is 1.90 bits per heavy atom. The van der Waals surface area contributed by atoms with Gasteiger partial charge in [0.05, 0.1) is 0 Å². The first kappa shape index (κ1) is 9.27. The van der Waals surface area contributed by atoms with E-state index in [4.69, 9.17) is 5.73 Å². The Kier molecular flexibility index (Phi) is 4.72. The second-order valence-electron chi connectivity index (χ2n) is 2.03. The zero-order valence-electron chi connectivity index (χ0n) is 6.76. The number of rotatable bonds is 0. The standard InChI is InChI=1S/C5H10N2O.C2H6/c6-5(8)7-3-1-2-4-7;1-2/h1-4H2,(H2,6,8);1-2H3. The van der Waals surface area contributed by atoms with Gasteiger partial charge in [-0.2, -0.15) is 0 Å². The highest BCUT2D eigenvalue weighted by atomic mass is 16.2. The predicted molar refractivity (Wildman–Crippen MR) is 41.7 cm³/mol. The van der Waals surface area contributed by atoms with Crippen molar-refractivity contribution in [2.24, 2.45) is 5.73 Å². The summed E-state index contributed by atoms with van der Waals surface area (Å²) in [7, 11) is 0. The van der Waals surface area contributed by atoms with E-state index in [1.165, 1.54) is 0 Å². The van der Waals surface area contributed by atoms with Crippen LogP contribution in [-0.4, -0.2) is 24.0 Å². The smallest absolute Gasteiger partial charge is 0.314 e. The first-order valence-electron chi connectivity index (χ1n) is 3.85. The summed E-state index contributed by atoms with van der Waals surface area (Å²) in [6, 6.07) is -0.275. The minimum atomic E-state index is -0.275. The zero-order chi connectivity index (χ0) is 7.98. The van der Waals surface area contributed by atoms with E-state index in [2.05, 4.69) is 0 Å². The van der Waals surface area contributed by atoms with Crippen LogP contribution in [-0.2, 0) is 0 Å². The third-order valence-corrected chi connectivity index (χ3v) is 1.42. The average Bonchev–Trinajstić information content (AvgIpc) is 2.42. The lowest BCUT2D eigenvalue weighted by atomic mass is 10.4. The molecule has 0 bridgehead atoms. The molecule has 0 unspecified atom stereocenters. The Morgan fingerprint density at radius 1 is 1.30 bits per heavy atom. The summed E-state index contributed by atoms with van der Waals surface area (Å²) in [6.45, 7) is 5.71. The van der Waals surface area contributed by atoms with Crippen LogP contribution in [0.25, 0.3) is 0 Å². The third-order valence-electron chi connectivity index (χ3n) is 1.42. The fourth-order valence-corrected chi connectivity index (χ4v) is 0.938. The number of carbonyl (C=O) groups is 1. The van der Waals surface area contributed by atoms with Crippen LogP contribution in [0.4, 0.5) is 4.79 Å². The molecule has 0 saturated carbocycles. The van der Waals surface area contributed by atoms with Gasteiger partial charge in [-0.1, -0.05) is 13.8 Å². The van der Waals surface area contributed by atoms with E-state index in [1.54, 1.807) is 4.90 Å². The molecule has 0 aliphatic carbocycles. The largest absolute Gasteiger partial charge is 0.351 e. The topological polar surface area (TPSA) is 46.3 Å². The van der Waals surface area contributed by atoms with Crippen LogP contribution in [0.2, 0.25) is 0 Å². The number of urea groups is 1. The fourth-order valence-electron chi connectivity index (χ4n) is 0.938. The summed E-state index contributed by atoms with van der Waals surface area (Å²) in [5.41, 5.74) is 4.98. The van der Waals surface area contributed by atoms with Crippen LogP contribution in [0.3, 0.4) is 0 Å². The molecule has 0 aromatic rings. The lowest BCUT2D eigenvalue weighted by Crippen LogP contribution is -2.32. The normalized spacial score (nSPS) is 16.0. The van der Waals surface area contributed by atoms with Crippen molar-refractivity contribution < 1.29 is 4.79 Å². The second kappa shape index (κ2) is 5.09. The molecule has 0 aromatic carbocycles. The van der Waals surface area contributed by atoms with Crippen LogP contribution in [0.5, 0.6) is 0 Å². The summed E-state index contributed by atoms with van der Waals surface area (Å²) in [6.07, 6.45) is 2.23. The van der Waals surface area contributed by atoms with Crippen molar-refractivity contribution >= 4 is 6.03 Å². The summed E-state index contributed by atoms with van der Waals surface area (Å²) in [5, 5.41) is 0.